The van der Waals surface area contributed by atoms with Gasteiger partial charge in [-0.2, -0.15) is 18.2 Å². The van der Waals surface area contributed by atoms with Crippen molar-refractivity contribution in [1.29, 1.82) is 0 Å². The fourth-order valence-corrected chi connectivity index (χ4v) is 2.53. The number of aromatic nitrogens is 3. The molecule has 2 aromatic carbocycles. The van der Waals surface area contributed by atoms with Gasteiger partial charge in [0, 0.05) is 22.7 Å². The number of nitrogens with zero attached hydrogens (tertiary/aromatic N) is 2. The van der Waals surface area contributed by atoms with E-state index in [0.29, 0.717) is 5.56 Å². The van der Waals surface area contributed by atoms with Crippen LogP contribution in [0.2, 0.25) is 0 Å². The highest BCUT2D eigenvalue weighted by Gasteiger charge is 2.30. The molecule has 2 heterocycles. The number of aromatic amines is 1. The van der Waals surface area contributed by atoms with Crippen LogP contribution in [0.15, 0.2) is 59.3 Å². The van der Waals surface area contributed by atoms with Crippen molar-refractivity contribution in [2.24, 2.45) is 0 Å². The highest BCUT2D eigenvalue weighted by Crippen LogP contribution is 2.33. The number of rotatable bonds is 2. The highest BCUT2D eigenvalue weighted by atomic mass is 19.4. The first-order chi connectivity index (χ1) is 11.5. The standard InChI is InChI=1S/C17H10F3N3O/c18-17(19,20)11-5-3-4-10(8-11)15-22-16(24-23-15)13-9-21-14-7-2-1-6-12(13)14/h1-9,21H. The van der Waals surface area contributed by atoms with E-state index < -0.39 is 11.7 Å². The Kier molecular flexibility index (Phi) is 3.16. The van der Waals surface area contributed by atoms with Gasteiger partial charge in [-0.3, -0.25) is 0 Å². The molecule has 24 heavy (non-hydrogen) atoms. The van der Waals surface area contributed by atoms with Gasteiger partial charge < -0.3 is 9.51 Å². The molecular weight excluding hydrogens is 319 g/mol. The second kappa shape index (κ2) is 5.23. The van der Waals surface area contributed by atoms with Gasteiger partial charge in [0.05, 0.1) is 11.1 Å². The molecule has 0 saturated carbocycles. The Hall–Kier alpha value is -3.09. The molecule has 4 rings (SSSR count). The van der Waals surface area contributed by atoms with Gasteiger partial charge in [-0.25, -0.2) is 0 Å². The number of alkyl halides is 3. The minimum atomic E-state index is -4.42. The normalized spacial score (nSPS) is 12.0. The molecule has 7 heteroatoms. The summed E-state index contributed by atoms with van der Waals surface area (Å²) in [6.45, 7) is 0. The van der Waals surface area contributed by atoms with Crippen LogP contribution in [-0.2, 0) is 6.18 Å². The van der Waals surface area contributed by atoms with Gasteiger partial charge in [0.15, 0.2) is 0 Å². The van der Waals surface area contributed by atoms with E-state index in [1.165, 1.54) is 12.1 Å². The van der Waals surface area contributed by atoms with Gasteiger partial charge in [-0.05, 0) is 18.2 Å². The molecule has 0 fully saturated rings. The van der Waals surface area contributed by atoms with Crippen LogP contribution in [-0.4, -0.2) is 15.1 Å². The average Bonchev–Trinajstić information content (AvgIpc) is 3.21. The number of benzene rings is 2. The molecule has 120 valence electrons. The number of hydrogen-bond acceptors (Lipinski definition) is 3. The predicted molar refractivity (Wildman–Crippen MR) is 82.0 cm³/mol. The van der Waals surface area contributed by atoms with Crippen LogP contribution >= 0.6 is 0 Å². The highest BCUT2D eigenvalue weighted by molar-refractivity contribution is 5.93. The van der Waals surface area contributed by atoms with Crippen LogP contribution in [0.3, 0.4) is 0 Å². The SMILES string of the molecule is FC(F)(F)c1cccc(-c2noc(-c3c[nH]c4ccccc34)n2)c1. The number of fused-ring (bicyclic) bond motifs is 1. The molecule has 0 saturated heterocycles. The third-order valence-electron chi connectivity index (χ3n) is 3.69. The van der Waals surface area contributed by atoms with E-state index >= 15 is 0 Å². The number of para-hydroxylation sites is 1. The first-order valence-electron chi connectivity index (χ1n) is 7.10. The zero-order chi connectivity index (χ0) is 16.7. The first kappa shape index (κ1) is 14.5. The second-order valence-electron chi connectivity index (χ2n) is 5.25. The summed E-state index contributed by atoms with van der Waals surface area (Å²) in [6.07, 6.45) is -2.69. The van der Waals surface area contributed by atoms with E-state index in [1.54, 1.807) is 6.20 Å². The minimum Gasteiger partial charge on any atom is -0.360 e. The summed E-state index contributed by atoms with van der Waals surface area (Å²) < 4.78 is 43.7. The van der Waals surface area contributed by atoms with Gasteiger partial charge >= 0.3 is 6.18 Å². The van der Waals surface area contributed by atoms with Crippen molar-refractivity contribution in [3.05, 3.63) is 60.3 Å². The molecule has 2 aromatic heterocycles. The summed E-state index contributed by atoms with van der Waals surface area (Å²) >= 11 is 0. The summed E-state index contributed by atoms with van der Waals surface area (Å²) in [7, 11) is 0. The maximum atomic E-state index is 12.8. The Morgan fingerprint density at radius 1 is 1.00 bits per heavy atom. The quantitative estimate of drug-likeness (QED) is 0.569. The summed E-state index contributed by atoms with van der Waals surface area (Å²) in [5, 5.41) is 4.70. The molecule has 0 radical (unpaired) electrons. The molecule has 1 N–H and O–H groups in total. The number of hydrogen-bond donors (Lipinski definition) is 1. The van der Waals surface area contributed by atoms with E-state index in [9.17, 15) is 13.2 Å². The van der Waals surface area contributed by atoms with Gasteiger partial charge in [0.1, 0.15) is 0 Å². The third kappa shape index (κ3) is 2.44. The van der Waals surface area contributed by atoms with Crippen LogP contribution in [0, 0.1) is 0 Å². The van der Waals surface area contributed by atoms with Gasteiger partial charge in [0.25, 0.3) is 5.89 Å². The average molecular weight is 329 g/mol. The maximum Gasteiger partial charge on any atom is 0.416 e. The van der Waals surface area contributed by atoms with Crippen molar-refractivity contribution in [1.82, 2.24) is 15.1 Å². The molecule has 0 aliphatic heterocycles. The molecule has 4 aromatic rings. The molecule has 0 unspecified atom stereocenters. The topological polar surface area (TPSA) is 54.7 Å². The lowest BCUT2D eigenvalue weighted by Crippen LogP contribution is -2.04. The van der Waals surface area contributed by atoms with Gasteiger partial charge in [-0.15, -0.1) is 0 Å². The van der Waals surface area contributed by atoms with Crippen molar-refractivity contribution in [3.63, 3.8) is 0 Å². The molecule has 0 amide bonds. The van der Waals surface area contributed by atoms with E-state index in [0.717, 1.165) is 23.0 Å². The third-order valence-corrected chi connectivity index (χ3v) is 3.69. The first-order valence-corrected chi connectivity index (χ1v) is 7.10. The lowest BCUT2D eigenvalue weighted by molar-refractivity contribution is -0.137. The van der Waals surface area contributed by atoms with Crippen molar-refractivity contribution in [2.75, 3.05) is 0 Å². The molecular formula is C17H10F3N3O. The van der Waals surface area contributed by atoms with Crippen LogP contribution in [0.1, 0.15) is 5.56 Å². The van der Waals surface area contributed by atoms with Gasteiger partial charge in [-0.1, -0.05) is 35.5 Å². The zero-order valence-electron chi connectivity index (χ0n) is 12.1. The Bertz CT molecular complexity index is 1020. The fraction of sp³-hybridized carbons (Fsp3) is 0.0588. The Labute approximate surface area is 133 Å². The van der Waals surface area contributed by atoms with E-state index in [4.69, 9.17) is 4.52 Å². The van der Waals surface area contributed by atoms with E-state index in [-0.39, 0.29) is 17.3 Å². The van der Waals surface area contributed by atoms with E-state index in [1.807, 2.05) is 24.3 Å². The zero-order valence-corrected chi connectivity index (χ0v) is 12.1. The fourth-order valence-electron chi connectivity index (χ4n) is 2.53. The lowest BCUT2D eigenvalue weighted by atomic mass is 10.1. The molecule has 4 nitrogen and oxygen atoms in total. The Balaban J connectivity index is 1.76. The summed E-state index contributed by atoms with van der Waals surface area (Å²) in [6, 6.07) is 12.4. The van der Waals surface area contributed by atoms with Crippen LogP contribution in [0.4, 0.5) is 13.2 Å². The lowest BCUT2D eigenvalue weighted by Gasteiger charge is -2.06. The molecule has 0 aliphatic rings. The van der Waals surface area contributed by atoms with Crippen molar-refractivity contribution >= 4 is 10.9 Å². The molecule has 0 spiro atoms. The molecule has 0 atom stereocenters. The Morgan fingerprint density at radius 3 is 2.67 bits per heavy atom. The van der Waals surface area contributed by atoms with Crippen LogP contribution in [0.5, 0.6) is 0 Å². The molecule has 0 bridgehead atoms. The smallest absolute Gasteiger partial charge is 0.360 e. The number of nitrogens with one attached hydrogen (secondary N) is 1. The molecule has 0 aliphatic carbocycles. The van der Waals surface area contributed by atoms with Crippen LogP contribution < -0.4 is 0 Å². The van der Waals surface area contributed by atoms with Gasteiger partial charge in [0.2, 0.25) is 5.82 Å². The van der Waals surface area contributed by atoms with Crippen LogP contribution in [0.25, 0.3) is 33.7 Å². The van der Waals surface area contributed by atoms with Crippen molar-refractivity contribution < 1.29 is 17.7 Å². The second-order valence-corrected chi connectivity index (χ2v) is 5.25. The summed E-state index contributed by atoms with van der Waals surface area (Å²) in [4.78, 5) is 7.32. The summed E-state index contributed by atoms with van der Waals surface area (Å²) in [5.74, 6) is 0.362. The number of halogens is 3. The monoisotopic (exact) mass is 329 g/mol. The van der Waals surface area contributed by atoms with Crippen molar-refractivity contribution in [3.8, 4) is 22.8 Å². The minimum absolute atomic E-state index is 0.112. The van der Waals surface area contributed by atoms with Crippen molar-refractivity contribution in [2.45, 2.75) is 6.18 Å². The predicted octanol–water partition coefficient (Wildman–Crippen LogP) is 4.90. The Morgan fingerprint density at radius 2 is 1.83 bits per heavy atom. The largest absolute Gasteiger partial charge is 0.416 e. The number of H-pyrrole nitrogens is 1. The van der Waals surface area contributed by atoms with E-state index in [2.05, 4.69) is 15.1 Å². The summed E-state index contributed by atoms with van der Waals surface area (Å²) in [5.41, 5.74) is 1.11. The maximum absolute atomic E-state index is 12.8.